The SMILES string of the molecule is CCc1ccc(NC(=O)C(C)Oc2cc(C)cc(C)c2)cc1. The second-order valence-electron chi connectivity index (χ2n) is 5.62. The normalized spacial score (nSPS) is 11.8. The zero-order valence-corrected chi connectivity index (χ0v) is 13.6. The summed E-state index contributed by atoms with van der Waals surface area (Å²) in [6.45, 7) is 7.89. The van der Waals surface area contributed by atoms with E-state index in [1.807, 2.05) is 50.2 Å². The molecular formula is C19H23NO2. The van der Waals surface area contributed by atoms with Crippen molar-refractivity contribution in [2.75, 3.05) is 5.32 Å². The molecule has 0 fully saturated rings. The lowest BCUT2D eigenvalue weighted by molar-refractivity contribution is -0.122. The zero-order valence-electron chi connectivity index (χ0n) is 13.6. The summed E-state index contributed by atoms with van der Waals surface area (Å²) in [7, 11) is 0. The van der Waals surface area contributed by atoms with Crippen LogP contribution in [0.1, 0.15) is 30.5 Å². The summed E-state index contributed by atoms with van der Waals surface area (Å²) >= 11 is 0. The molecule has 0 spiro atoms. The number of carbonyl (C=O) groups is 1. The van der Waals surface area contributed by atoms with Crippen LogP contribution < -0.4 is 10.1 Å². The molecule has 0 aliphatic carbocycles. The number of aryl methyl sites for hydroxylation is 3. The van der Waals surface area contributed by atoms with Crippen molar-refractivity contribution in [2.24, 2.45) is 0 Å². The van der Waals surface area contributed by atoms with E-state index in [1.54, 1.807) is 6.92 Å². The Hall–Kier alpha value is -2.29. The fraction of sp³-hybridized carbons (Fsp3) is 0.316. The summed E-state index contributed by atoms with van der Waals surface area (Å²) in [4.78, 5) is 12.2. The van der Waals surface area contributed by atoms with Gasteiger partial charge in [0.1, 0.15) is 5.75 Å². The minimum absolute atomic E-state index is 0.150. The van der Waals surface area contributed by atoms with E-state index in [2.05, 4.69) is 18.3 Å². The first-order chi connectivity index (χ1) is 10.5. The van der Waals surface area contributed by atoms with Crippen LogP contribution in [0.25, 0.3) is 0 Å². The Morgan fingerprint density at radius 1 is 1.09 bits per heavy atom. The van der Waals surface area contributed by atoms with Gasteiger partial charge in [0.25, 0.3) is 5.91 Å². The maximum Gasteiger partial charge on any atom is 0.265 e. The minimum Gasteiger partial charge on any atom is -0.481 e. The molecule has 3 heteroatoms. The number of hydrogen-bond acceptors (Lipinski definition) is 2. The van der Waals surface area contributed by atoms with E-state index in [9.17, 15) is 4.79 Å². The fourth-order valence-corrected chi connectivity index (χ4v) is 2.33. The van der Waals surface area contributed by atoms with Crippen LogP contribution in [-0.2, 0) is 11.2 Å². The Bertz CT molecular complexity index is 627. The molecule has 0 heterocycles. The van der Waals surface area contributed by atoms with Gasteiger partial charge in [0.05, 0.1) is 0 Å². The molecule has 22 heavy (non-hydrogen) atoms. The van der Waals surface area contributed by atoms with E-state index >= 15 is 0 Å². The lowest BCUT2D eigenvalue weighted by Gasteiger charge is -2.16. The molecule has 2 aromatic rings. The van der Waals surface area contributed by atoms with E-state index < -0.39 is 6.10 Å². The summed E-state index contributed by atoms with van der Waals surface area (Å²) in [5, 5.41) is 2.88. The lowest BCUT2D eigenvalue weighted by Crippen LogP contribution is -2.30. The van der Waals surface area contributed by atoms with Crippen LogP contribution >= 0.6 is 0 Å². The Balaban J connectivity index is 1.99. The third-order valence-electron chi connectivity index (χ3n) is 3.51. The minimum atomic E-state index is -0.549. The van der Waals surface area contributed by atoms with Gasteiger partial charge in [0.2, 0.25) is 0 Å². The average molecular weight is 297 g/mol. The van der Waals surface area contributed by atoms with Crippen LogP contribution in [0.15, 0.2) is 42.5 Å². The maximum atomic E-state index is 12.2. The molecule has 2 rings (SSSR count). The van der Waals surface area contributed by atoms with Crippen molar-refractivity contribution in [3.8, 4) is 5.75 Å². The summed E-state index contributed by atoms with van der Waals surface area (Å²) in [6.07, 6.45) is 0.438. The van der Waals surface area contributed by atoms with Crippen molar-refractivity contribution < 1.29 is 9.53 Å². The van der Waals surface area contributed by atoms with Gasteiger partial charge >= 0.3 is 0 Å². The largest absolute Gasteiger partial charge is 0.481 e. The molecule has 0 saturated heterocycles. The van der Waals surface area contributed by atoms with Crippen molar-refractivity contribution in [1.82, 2.24) is 0 Å². The molecule has 1 N–H and O–H groups in total. The van der Waals surface area contributed by atoms with Crippen molar-refractivity contribution in [2.45, 2.75) is 40.2 Å². The number of rotatable bonds is 5. The average Bonchev–Trinajstić information content (AvgIpc) is 2.46. The number of carbonyl (C=O) groups excluding carboxylic acids is 1. The van der Waals surface area contributed by atoms with Gasteiger partial charge in [-0.2, -0.15) is 0 Å². The topological polar surface area (TPSA) is 38.3 Å². The summed E-state index contributed by atoms with van der Waals surface area (Å²) < 4.78 is 5.74. The van der Waals surface area contributed by atoms with Gasteiger partial charge in [-0.3, -0.25) is 4.79 Å². The zero-order chi connectivity index (χ0) is 16.1. The van der Waals surface area contributed by atoms with Crippen LogP contribution in [0.5, 0.6) is 5.75 Å². The van der Waals surface area contributed by atoms with Gasteiger partial charge in [0, 0.05) is 5.69 Å². The lowest BCUT2D eigenvalue weighted by atomic mass is 10.1. The highest BCUT2D eigenvalue weighted by molar-refractivity contribution is 5.94. The molecular weight excluding hydrogens is 274 g/mol. The second kappa shape index (κ2) is 7.12. The molecule has 1 atom stereocenters. The van der Waals surface area contributed by atoms with Crippen molar-refractivity contribution in [3.63, 3.8) is 0 Å². The molecule has 2 aromatic carbocycles. The van der Waals surface area contributed by atoms with Crippen LogP contribution in [0.4, 0.5) is 5.69 Å². The molecule has 1 unspecified atom stereocenters. The molecule has 116 valence electrons. The molecule has 0 aliphatic rings. The van der Waals surface area contributed by atoms with Crippen molar-refractivity contribution in [1.29, 1.82) is 0 Å². The number of benzene rings is 2. The molecule has 0 aliphatic heterocycles. The summed E-state index contributed by atoms with van der Waals surface area (Å²) in [6, 6.07) is 13.8. The Morgan fingerprint density at radius 3 is 2.23 bits per heavy atom. The monoisotopic (exact) mass is 297 g/mol. The summed E-state index contributed by atoms with van der Waals surface area (Å²) in [5.74, 6) is 0.574. The van der Waals surface area contributed by atoms with Gasteiger partial charge < -0.3 is 10.1 Å². The van der Waals surface area contributed by atoms with Crippen LogP contribution in [-0.4, -0.2) is 12.0 Å². The van der Waals surface area contributed by atoms with Crippen LogP contribution in [0, 0.1) is 13.8 Å². The van der Waals surface area contributed by atoms with Gasteiger partial charge in [-0.15, -0.1) is 0 Å². The molecule has 0 saturated carbocycles. The van der Waals surface area contributed by atoms with Crippen molar-refractivity contribution in [3.05, 3.63) is 59.2 Å². The van der Waals surface area contributed by atoms with Gasteiger partial charge in [0.15, 0.2) is 6.10 Å². The van der Waals surface area contributed by atoms with Gasteiger partial charge in [-0.1, -0.05) is 25.1 Å². The Morgan fingerprint density at radius 2 is 1.68 bits per heavy atom. The van der Waals surface area contributed by atoms with Crippen molar-refractivity contribution >= 4 is 11.6 Å². The quantitative estimate of drug-likeness (QED) is 0.895. The fourth-order valence-electron chi connectivity index (χ4n) is 2.33. The van der Waals surface area contributed by atoms with Gasteiger partial charge in [-0.05, 0) is 68.1 Å². The Kier molecular flexibility index (Phi) is 5.21. The number of nitrogens with one attached hydrogen (secondary N) is 1. The smallest absolute Gasteiger partial charge is 0.265 e. The highest BCUT2D eigenvalue weighted by Gasteiger charge is 2.15. The number of ether oxygens (including phenoxy) is 1. The standard InChI is InChI=1S/C19H23NO2/c1-5-16-6-8-17(9-7-16)20-19(21)15(4)22-18-11-13(2)10-14(3)12-18/h6-12,15H,5H2,1-4H3,(H,20,21). The van der Waals surface area contributed by atoms with Crippen LogP contribution in [0.3, 0.4) is 0 Å². The Labute approximate surface area is 132 Å². The maximum absolute atomic E-state index is 12.2. The molecule has 3 nitrogen and oxygen atoms in total. The number of anilines is 1. The van der Waals surface area contributed by atoms with E-state index in [-0.39, 0.29) is 5.91 Å². The molecule has 1 amide bonds. The molecule has 0 bridgehead atoms. The first kappa shape index (κ1) is 16.1. The predicted molar refractivity (Wildman–Crippen MR) is 90.5 cm³/mol. The first-order valence-electron chi connectivity index (χ1n) is 7.62. The number of amides is 1. The van der Waals surface area contributed by atoms with E-state index in [0.717, 1.165) is 29.0 Å². The first-order valence-corrected chi connectivity index (χ1v) is 7.62. The van der Waals surface area contributed by atoms with E-state index in [0.29, 0.717) is 0 Å². The van der Waals surface area contributed by atoms with Crippen LogP contribution in [0.2, 0.25) is 0 Å². The predicted octanol–water partition coefficient (Wildman–Crippen LogP) is 4.27. The third-order valence-corrected chi connectivity index (χ3v) is 3.51. The summed E-state index contributed by atoms with van der Waals surface area (Å²) in [5.41, 5.74) is 4.28. The number of hydrogen-bond donors (Lipinski definition) is 1. The third kappa shape index (κ3) is 4.35. The second-order valence-corrected chi connectivity index (χ2v) is 5.62. The highest BCUT2D eigenvalue weighted by Crippen LogP contribution is 2.18. The highest BCUT2D eigenvalue weighted by atomic mass is 16.5. The van der Waals surface area contributed by atoms with E-state index in [4.69, 9.17) is 4.74 Å². The van der Waals surface area contributed by atoms with E-state index in [1.165, 1.54) is 5.56 Å². The molecule has 0 radical (unpaired) electrons. The van der Waals surface area contributed by atoms with Gasteiger partial charge in [-0.25, -0.2) is 0 Å². The molecule has 0 aromatic heterocycles.